The fourth-order valence-electron chi connectivity index (χ4n) is 1.26. The van der Waals surface area contributed by atoms with Gasteiger partial charge in [-0.2, -0.15) is 0 Å². The van der Waals surface area contributed by atoms with E-state index in [9.17, 15) is 4.79 Å². The number of Topliss-reactive ketones (excluding diaryl/α,β-unsaturated/α-hetero) is 1. The van der Waals surface area contributed by atoms with Crippen LogP contribution in [0.3, 0.4) is 0 Å². The highest BCUT2D eigenvalue weighted by molar-refractivity contribution is 6.18. The topological polar surface area (TPSA) is 37.3 Å². The first-order chi connectivity index (χ1) is 4.85. The lowest BCUT2D eigenvalue weighted by Crippen LogP contribution is -2.29. The minimum Gasteiger partial charge on any atom is -0.504 e. The molecule has 2 nitrogen and oxygen atoms in total. The molecular weight excluding hydrogens is 140 g/mol. The molecule has 1 N–H and O–H groups in total. The number of hydrogen-bond donors (Lipinski definition) is 1. The third-order valence-electron chi connectivity index (χ3n) is 1.78. The Morgan fingerprint density at radius 1 is 1.36 bits per heavy atom. The van der Waals surface area contributed by atoms with E-state index in [2.05, 4.69) is 6.58 Å². The lowest BCUT2D eigenvalue weighted by molar-refractivity contribution is -0.116. The van der Waals surface area contributed by atoms with E-state index in [1.807, 2.05) is 20.8 Å². The molecule has 0 aliphatic heterocycles. The molecule has 0 fully saturated rings. The van der Waals surface area contributed by atoms with E-state index in [-0.39, 0.29) is 17.0 Å². The first-order valence-electron chi connectivity index (χ1n) is 3.53. The predicted molar refractivity (Wildman–Crippen MR) is 43.3 cm³/mol. The zero-order valence-electron chi connectivity index (χ0n) is 7.06. The van der Waals surface area contributed by atoms with E-state index >= 15 is 0 Å². The van der Waals surface area contributed by atoms with Gasteiger partial charge < -0.3 is 5.11 Å². The second-order valence-corrected chi connectivity index (χ2v) is 3.78. The fraction of sp³-hybridized carbons (Fsp3) is 0.444. The van der Waals surface area contributed by atoms with Gasteiger partial charge in [0.2, 0.25) is 5.78 Å². The van der Waals surface area contributed by atoms with Crippen molar-refractivity contribution in [1.29, 1.82) is 0 Å². The van der Waals surface area contributed by atoms with Crippen molar-refractivity contribution in [2.45, 2.75) is 20.8 Å². The summed E-state index contributed by atoms with van der Waals surface area (Å²) in [4.78, 5) is 10.8. The third-order valence-corrected chi connectivity index (χ3v) is 1.78. The van der Waals surface area contributed by atoms with Crippen LogP contribution in [0.15, 0.2) is 23.5 Å². The second kappa shape index (κ2) is 1.97. The fourth-order valence-corrected chi connectivity index (χ4v) is 1.26. The Morgan fingerprint density at radius 2 is 1.82 bits per heavy atom. The number of hydrogen-bond acceptors (Lipinski definition) is 2. The van der Waals surface area contributed by atoms with Crippen LogP contribution in [0.5, 0.6) is 0 Å². The number of allylic oxidation sites excluding steroid dienone is 2. The van der Waals surface area contributed by atoms with Gasteiger partial charge in [-0.1, -0.05) is 27.4 Å². The number of aliphatic hydroxyl groups is 1. The van der Waals surface area contributed by atoms with Crippen molar-refractivity contribution < 1.29 is 9.90 Å². The molecule has 0 aromatic rings. The Kier molecular flexibility index (Phi) is 1.44. The molecule has 0 aromatic heterocycles. The maximum Gasteiger partial charge on any atom is 0.227 e. The summed E-state index contributed by atoms with van der Waals surface area (Å²) in [5, 5.41) is 9.15. The summed E-state index contributed by atoms with van der Waals surface area (Å²) in [6, 6.07) is 0. The van der Waals surface area contributed by atoms with E-state index in [0.29, 0.717) is 11.1 Å². The Bertz CT molecular complexity index is 264. The number of ketones is 1. The average Bonchev–Trinajstić information content (AvgIpc) is 1.85. The molecule has 0 unspecified atom stereocenters. The Labute approximate surface area is 66.2 Å². The molecule has 0 aromatic carbocycles. The first-order valence-corrected chi connectivity index (χ1v) is 3.53. The molecule has 1 aliphatic carbocycles. The molecule has 0 amide bonds. The van der Waals surface area contributed by atoms with Crippen molar-refractivity contribution >= 4 is 5.78 Å². The van der Waals surface area contributed by atoms with Crippen molar-refractivity contribution in [3.05, 3.63) is 23.5 Å². The van der Waals surface area contributed by atoms with E-state index in [1.54, 1.807) is 0 Å². The van der Waals surface area contributed by atoms with Crippen LogP contribution >= 0.6 is 0 Å². The molecule has 0 atom stereocenters. The average molecular weight is 152 g/mol. The molecule has 0 radical (unpaired) electrons. The second-order valence-electron chi connectivity index (χ2n) is 3.78. The summed E-state index contributed by atoms with van der Waals surface area (Å²) in [6.07, 6.45) is 0. The standard InChI is InChI=1S/C9H12O2/c1-5-6(9(2,3)4)8(11)7(5)10/h11H,1H2,2-4H3. The Morgan fingerprint density at radius 3 is 2.00 bits per heavy atom. The van der Waals surface area contributed by atoms with Gasteiger partial charge >= 0.3 is 0 Å². The van der Waals surface area contributed by atoms with E-state index in [1.165, 1.54) is 0 Å². The highest BCUT2D eigenvalue weighted by Gasteiger charge is 2.38. The number of rotatable bonds is 0. The van der Waals surface area contributed by atoms with Crippen molar-refractivity contribution in [1.82, 2.24) is 0 Å². The van der Waals surface area contributed by atoms with Crippen LogP contribution in [-0.2, 0) is 4.79 Å². The first kappa shape index (κ1) is 8.05. The molecule has 2 heteroatoms. The monoisotopic (exact) mass is 152 g/mol. The van der Waals surface area contributed by atoms with Crippen LogP contribution in [0.4, 0.5) is 0 Å². The smallest absolute Gasteiger partial charge is 0.227 e. The molecule has 0 saturated heterocycles. The molecule has 60 valence electrons. The SMILES string of the molecule is C=C1C(=O)C(O)=C1C(C)(C)C. The zero-order valence-corrected chi connectivity index (χ0v) is 7.06. The summed E-state index contributed by atoms with van der Waals surface area (Å²) in [5.41, 5.74) is 0.979. The molecule has 1 aliphatic rings. The van der Waals surface area contributed by atoms with Gasteiger partial charge in [-0.05, 0) is 5.41 Å². The summed E-state index contributed by atoms with van der Waals surface area (Å²) in [6.45, 7) is 9.39. The van der Waals surface area contributed by atoms with Gasteiger partial charge in [0.05, 0.1) is 0 Å². The number of carbonyl (C=O) groups is 1. The lowest BCUT2D eigenvalue weighted by atomic mass is 9.73. The van der Waals surface area contributed by atoms with E-state index in [0.717, 1.165) is 0 Å². The quantitative estimate of drug-likeness (QED) is 0.539. The van der Waals surface area contributed by atoms with Crippen LogP contribution in [0.2, 0.25) is 0 Å². The van der Waals surface area contributed by atoms with Crippen LogP contribution < -0.4 is 0 Å². The summed E-state index contributed by atoms with van der Waals surface area (Å²) in [7, 11) is 0. The maximum absolute atomic E-state index is 10.8. The molecular formula is C9H12O2. The van der Waals surface area contributed by atoms with Gasteiger partial charge in [0.25, 0.3) is 0 Å². The Balaban J connectivity index is 3.11. The third kappa shape index (κ3) is 0.985. The van der Waals surface area contributed by atoms with Crippen LogP contribution in [0, 0.1) is 5.41 Å². The van der Waals surface area contributed by atoms with Gasteiger partial charge in [0, 0.05) is 11.1 Å². The van der Waals surface area contributed by atoms with Crippen LogP contribution in [-0.4, -0.2) is 10.9 Å². The van der Waals surface area contributed by atoms with Gasteiger partial charge in [0.15, 0.2) is 5.76 Å². The largest absolute Gasteiger partial charge is 0.504 e. The molecule has 1 rings (SSSR count). The summed E-state index contributed by atoms with van der Waals surface area (Å²) >= 11 is 0. The molecule has 0 bridgehead atoms. The van der Waals surface area contributed by atoms with Gasteiger partial charge in [-0.15, -0.1) is 0 Å². The highest BCUT2D eigenvalue weighted by atomic mass is 16.3. The van der Waals surface area contributed by atoms with Gasteiger partial charge in [-0.3, -0.25) is 4.79 Å². The van der Waals surface area contributed by atoms with E-state index < -0.39 is 0 Å². The van der Waals surface area contributed by atoms with Gasteiger partial charge in [-0.25, -0.2) is 0 Å². The maximum atomic E-state index is 10.8. The normalized spacial score (nSPS) is 18.8. The van der Waals surface area contributed by atoms with Crippen molar-refractivity contribution in [3.8, 4) is 0 Å². The zero-order chi connectivity index (χ0) is 8.81. The Hall–Kier alpha value is -1.05. The lowest BCUT2D eigenvalue weighted by Gasteiger charge is -2.31. The minimum atomic E-state index is -0.310. The van der Waals surface area contributed by atoms with Crippen molar-refractivity contribution in [2.75, 3.05) is 0 Å². The van der Waals surface area contributed by atoms with Crippen LogP contribution in [0.25, 0.3) is 0 Å². The van der Waals surface area contributed by atoms with Crippen molar-refractivity contribution in [3.63, 3.8) is 0 Å². The molecule has 0 heterocycles. The van der Waals surface area contributed by atoms with E-state index in [4.69, 9.17) is 5.11 Å². The van der Waals surface area contributed by atoms with Crippen molar-refractivity contribution in [2.24, 2.45) is 5.41 Å². The number of carbonyl (C=O) groups excluding carboxylic acids is 1. The number of aliphatic hydroxyl groups excluding tert-OH is 1. The highest BCUT2D eigenvalue weighted by Crippen LogP contribution is 2.40. The minimum absolute atomic E-state index is 0.109. The predicted octanol–water partition coefficient (Wildman–Crippen LogP) is 1.98. The van der Waals surface area contributed by atoms with Gasteiger partial charge in [0.1, 0.15) is 0 Å². The molecule has 0 saturated carbocycles. The molecule has 0 spiro atoms. The molecule has 11 heavy (non-hydrogen) atoms. The summed E-state index contributed by atoms with van der Waals surface area (Å²) in [5.74, 6) is -0.419. The van der Waals surface area contributed by atoms with Crippen LogP contribution in [0.1, 0.15) is 20.8 Å². The summed E-state index contributed by atoms with van der Waals surface area (Å²) < 4.78 is 0.